The molecule has 2 heterocycles. The predicted octanol–water partition coefficient (Wildman–Crippen LogP) is 6.53. The van der Waals surface area contributed by atoms with Gasteiger partial charge in [-0.3, -0.25) is 24.0 Å². The van der Waals surface area contributed by atoms with Crippen LogP contribution in [0.25, 0.3) is 11.4 Å². The molecule has 0 saturated heterocycles. The Kier molecular flexibility index (Phi) is 7.77. The summed E-state index contributed by atoms with van der Waals surface area (Å²) in [6, 6.07) is 36.7. The number of amides is 1. The molecule has 4 aromatic carbocycles. The second kappa shape index (κ2) is 12.0. The number of carbonyl (C=O) groups excluding carboxylic acids is 2. The van der Waals surface area contributed by atoms with E-state index in [4.69, 9.17) is 0 Å². The van der Waals surface area contributed by atoms with E-state index in [0.717, 1.165) is 17.3 Å². The highest BCUT2D eigenvalue weighted by molar-refractivity contribution is 8.15. The molecule has 7 nitrogen and oxygen atoms in total. The summed E-state index contributed by atoms with van der Waals surface area (Å²) in [5.41, 5.74) is 3.78. The fourth-order valence-electron chi connectivity index (χ4n) is 5.09. The standard InChI is InChI=1S/C35H28N4O3S/c1-24-31(34(42)39(37(24)2)28-21-13-6-14-22-28)38-29(25-15-7-3-8-16-25)23-30(32(40)26-17-9-4-10-18-26)43-35(38)36-33(41)27-19-11-5-12-20-27/h3-23,30H,1-2H3/t30-/m1/s1. The topological polar surface area (TPSA) is 76.7 Å². The zero-order chi connectivity index (χ0) is 29.9. The van der Waals surface area contributed by atoms with Crippen molar-refractivity contribution in [2.24, 2.45) is 12.0 Å². The number of thioether (sulfide) groups is 1. The van der Waals surface area contributed by atoms with E-state index in [0.29, 0.717) is 33.9 Å². The minimum atomic E-state index is -0.684. The van der Waals surface area contributed by atoms with Crippen LogP contribution in [0.1, 0.15) is 32.0 Å². The lowest BCUT2D eigenvalue weighted by Gasteiger charge is -2.33. The molecule has 0 fully saturated rings. The van der Waals surface area contributed by atoms with Gasteiger partial charge in [0.1, 0.15) is 5.69 Å². The van der Waals surface area contributed by atoms with Gasteiger partial charge in [-0.2, -0.15) is 4.99 Å². The third kappa shape index (κ3) is 5.40. The van der Waals surface area contributed by atoms with Crippen molar-refractivity contribution in [3.8, 4) is 5.69 Å². The number of hydrogen-bond acceptors (Lipinski definition) is 4. The number of aliphatic imine (C=N–C) groups is 1. The summed E-state index contributed by atoms with van der Waals surface area (Å²) in [5.74, 6) is -0.588. The largest absolute Gasteiger partial charge is 0.296 e. The Morgan fingerprint density at radius 2 is 1.28 bits per heavy atom. The quantitative estimate of drug-likeness (QED) is 0.212. The number of benzene rings is 4. The van der Waals surface area contributed by atoms with E-state index in [2.05, 4.69) is 4.99 Å². The fourth-order valence-corrected chi connectivity index (χ4v) is 6.19. The van der Waals surface area contributed by atoms with Gasteiger partial charge in [0.15, 0.2) is 11.0 Å². The van der Waals surface area contributed by atoms with Crippen LogP contribution >= 0.6 is 11.8 Å². The van der Waals surface area contributed by atoms with Crippen molar-refractivity contribution in [2.45, 2.75) is 12.2 Å². The van der Waals surface area contributed by atoms with Gasteiger partial charge in [0, 0.05) is 18.2 Å². The van der Waals surface area contributed by atoms with Gasteiger partial charge in [-0.15, -0.1) is 0 Å². The van der Waals surface area contributed by atoms with Crippen molar-refractivity contribution in [3.63, 3.8) is 0 Å². The summed E-state index contributed by atoms with van der Waals surface area (Å²) < 4.78 is 3.38. The Morgan fingerprint density at radius 3 is 1.88 bits per heavy atom. The summed E-state index contributed by atoms with van der Waals surface area (Å²) >= 11 is 1.16. The highest BCUT2D eigenvalue weighted by Gasteiger charge is 2.37. The molecule has 0 aliphatic carbocycles. The van der Waals surface area contributed by atoms with Crippen LogP contribution in [0.3, 0.4) is 0 Å². The maximum absolute atomic E-state index is 14.3. The Bertz CT molecular complexity index is 1910. The van der Waals surface area contributed by atoms with Crippen molar-refractivity contribution in [3.05, 3.63) is 160 Å². The summed E-state index contributed by atoms with van der Waals surface area (Å²) in [6.45, 7) is 1.86. The van der Waals surface area contributed by atoms with Crippen LogP contribution in [0, 0.1) is 6.92 Å². The highest BCUT2D eigenvalue weighted by Crippen LogP contribution is 2.38. The maximum Gasteiger partial charge on any atom is 0.296 e. The number of carbonyl (C=O) groups is 2. The molecule has 0 saturated carbocycles. The molecule has 0 bridgehead atoms. The van der Waals surface area contributed by atoms with Crippen molar-refractivity contribution < 1.29 is 9.59 Å². The zero-order valence-corrected chi connectivity index (χ0v) is 24.4. The normalized spacial score (nSPS) is 15.8. The minimum Gasteiger partial charge on any atom is -0.293 e. The van der Waals surface area contributed by atoms with Gasteiger partial charge < -0.3 is 0 Å². The van der Waals surface area contributed by atoms with Gasteiger partial charge in [0.05, 0.1) is 22.3 Å². The fraction of sp³-hybridized carbons (Fsp3) is 0.0857. The van der Waals surface area contributed by atoms with Crippen molar-refractivity contribution in [2.75, 3.05) is 4.90 Å². The molecule has 43 heavy (non-hydrogen) atoms. The molecule has 0 unspecified atom stereocenters. The summed E-state index contributed by atoms with van der Waals surface area (Å²) in [7, 11) is 1.82. The monoisotopic (exact) mass is 584 g/mol. The number of nitrogens with zero attached hydrogens (tertiary/aromatic N) is 4. The first-order chi connectivity index (χ1) is 20.9. The number of rotatable bonds is 6. The van der Waals surface area contributed by atoms with Crippen molar-refractivity contribution in [1.82, 2.24) is 9.36 Å². The molecule has 1 aliphatic rings. The number of anilines is 1. The number of amidine groups is 1. The minimum absolute atomic E-state index is 0.120. The average Bonchev–Trinajstić information content (AvgIpc) is 3.28. The number of hydrogen-bond donors (Lipinski definition) is 0. The molecular weight excluding hydrogens is 556 g/mol. The van der Waals surface area contributed by atoms with Gasteiger partial charge in [0.25, 0.3) is 11.5 Å². The van der Waals surface area contributed by atoms with Crippen LogP contribution < -0.4 is 10.5 Å². The maximum atomic E-state index is 14.3. The van der Waals surface area contributed by atoms with Crippen LogP contribution in [-0.4, -0.2) is 31.5 Å². The molecule has 0 radical (unpaired) electrons. The lowest BCUT2D eigenvalue weighted by Crippen LogP contribution is -2.38. The van der Waals surface area contributed by atoms with E-state index in [9.17, 15) is 14.4 Å². The van der Waals surface area contributed by atoms with Crippen LogP contribution in [0.2, 0.25) is 0 Å². The van der Waals surface area contributed by atoms with Crippen molar-refractivity contribution >= 4 is 40.0 Å². The second-order valence-electron chi connectivity index (χ2n) is 10.00. The van der Waals surface area contributed by atoms with E-state index in [1.165, 1.54) is 0 Å². The number of Topliss-reactive ketones (excluding diaryl/α,β-unsaturated/α-hetero) is 1. The van der Waals surface area contributed by atoms with E-state index < -0.39 is 11.2 Å². The Hall–Kier alpha value is -5.21. The van der Waals surface area contributed by atoms with Gasteiger partial charge in [-0.1, -0.05) is 109 Å². The van der Waals surface area contributed by atoms with E-state index >= 15 is 0 Å². The second-order valence-corrected chi connectivity index (χ2v) is 11.1. The van der Waals surface area contributed by atoms with Gasteiger partial charge in [0.2, 0.25) is 0 Å². The Morgan fingerprint density at radius 1 is 0.744 bits per heavy atom. The number of para-hydroxylation sites is 1. The molecule has 0 N–H and O–H groups in total. The molecule has 1 atom stereocenters. The lowest BCUT2D eigenvalue weighted by atomic mass is 10.0. The molecule has 1 aliphatic heterocycles. The molecule has 212 valence electrons. The summed E-state index contributed by atoms with van der Waals surface area (Å²) in [5, 5.41) is -0.438. The first-order valence-corrected chi connectivity index (χ1v) is 14.7. The van der Waals surface area contributed by atoms with Crippen LogP contribution in [0.5, 0.6) is 0 Å². The molecule has 8 heteroatoms. The van der Waals surface area contributed by atoms with E-state index in [-0.39, 0.29) is 16.5 Å². The smallest absolute Gasteiger partial charge is 0.293 e. The average molecular weight is 585 g/mol. The van der Waals surface area contributed by atoms with Gasteiger partial charge >= 0.3 is 0 Å². The van der Waals surface area contributed by atoms with Gasteiger partial charge in [-0.05, 0) is 42.8 Å². The third-order valence-electron chi connectivity index (χ3n) is 7.33. The molecule has 6 rings (SSSR count). The predicted molar refractivity (Wildman–Crippen MR) is 173 cm³/mol. The molecule has 1 aromatic heterocycles. The van der Waals surface area contributed by atoms with E-state index in [1.54, 1.807) is 50.7 Å². The van der Waals surface area contributed by atoms with Crippen LogP contribution in [0.15, 0.2) is 137 Å². The molecule has 0 spiro atoms. The van der Waals surface area contributed by atoms with Gasteiger partial charge in [-0.25, -0.2) is 4.68 Å². The molecule has 1 amide bonds. The Balaban J connectivity index is 1.60. The molecular formula is C35H28N4O3S. The summed E-state index contributed by atoms with van der Waals surface area (Å²) in [6.07, 6.45) is 1.86. The molecule has 5 aromatic rings. The summed E-state index contributed by atoms with van der Waals surface area (Å²) in [4.78, 5) is 47.9. The van der Waals surface area contributed by atoms with Crippen molar-refractivity contribution in [1.29, 1.82) is 0 Å². The number of aromatic nitrogens is 2. The SMILES string of the molecule is Cc1c(N2C(c3ccccc3)=C[C@H](C(=O)c3ccccc3)SC2=NC(=O)c2ccccc2)c(=O)n(-c2ccccc2)n1C. The first kappa shape index (κ1) is 27.9. The van der Waals surface area contributed by atoms with Crippen LogP contribution in [-0.2, 0) is 7.05 Å². The Labute approximate surface area is 253 Å². The first-order valence-electron chi connectivity index (χ1n) is 13.8. The lowest BCUT2D eigenvalue weighted by molar-refractivity contribution is 0.0992. The highest BCUT2D eigenvalue weighted by atomic mass is 32.2. The van der Waals surface area contributed by atoms with E-state index in [1.807, 2.05) is 105 Å². The third-order valence-corrected chi connectivity index (χ3v) is 8.41. The zero-order valence-electron chi connectivity index (χ0n) is 23.6. The number of ketones is 1. The van der Waals surface area contributed by atoms with Crippen LogP contribution in [0.4, 0.5) is 5.69 Å².